The Labute approximate surface area is 101 Å². The Hall–Kier alpha value is -0.0800. The van der Waals surface area contributed by atoms with E-state index >= 15 is 0 Å². The molecule has 0 fully saturated rings. The van der Waals surface area contributed by atoms with Crippen LogP contribution in [0.2, 0.25) is 0 Å². The van der Waals surface area contributed by atoms with Crippen LogP contribution in [-0.2, 0) is 4.74 Å². The zero-order valence-electron chi connectivity index (χ0n) is 11.5. The number of unbranched alkanes of at least 4 members (excludes halogenated alkanes) is 1. The van der Waals surface area contributed by atoms with E-state index in [9.17, 15) is 5.11 Å². The molecule has 0 aliphatic rings. The second kappa shape index (κ2) is 10.1. The highest BCUT2D eigenvalue weighted by atomic mass is 16.6. The average molecular weight is 230 g/mol. The van der Waals surface area contributed by atoms with Gasteiger partial charge in [-0.3, -0.25) is 0 Å². The topological polar surface area (TPSA) is 29.5 Å². The van der Waals surface area contributed by atoms with Crippen LogP contribution in [0, 0.1) is 11.8 Å². The van der Waals surface area contributed by atoms with Crippen molar-refractivity contribution in [1.29, 1.82) is 0 Å². The van der Waals surface area contributed by atoms with E-state index < -0.39 is 6.29 Å². The molecule has 0 radical (unpaired) electrons. The molecule has 0 saturated carbocycles. The average Bonchev–Trinajstić information content (AvgIpc) is 2.29. The van der Waals surface area contributed by atoms with Gasteiger partial charge in [0.15, 0.2) is 6.29 Å². The monoisotopic (exact) mass is 230 g/mol. The quantitative estimate of drug-likeness (QED) is 0.575. The summed E-state index contributed by atoms with van der Waals surface area (Å²) in [7, 11) is 0. The van der Waals surface area contributed by atoms with Crippen molar-refractivity contribution in [3.8, 4) is 0 Å². The molecule has 3 unspecified atom stereocenters. The van der Waals surface area contributed by atoms with Crippen molar-refractivity contribution in [1.82, 2.24) is 0 Å². The Balaban J connectivity index is 3.65. The summed E-state index contributed by atoms with van der Waals surface area (Å²) in [6.07, 6.45) is 6.19. The van der Waals surface area contributed by atoms with Crippen molar-refractivity contribution in [2.75, 3.05) is 6.61 Å². The van der Waals surface area contributed by atoms with Gasteiger partial charge in [-0.2, -0.15) is 0 Å². The predicted molar refractivity (Wildman–Crippen MR) is 69.3 cm³/mol. The maximum absolute atomic E-state index is 9.70. The number of hydrogen-bond acceptors (Lipinski definition) is 2. The molecule has 0 spiro atoms. The fourth-order valence-corrected chi connectivity index (χ4v) is 1.72. The second-order valence-electron chi connectivity index (χ2n) is 4.95. The lowest BCUT2D eigenvalue weighted by atomic mass is 10.0. The van der Waals surface area contributed by atoms with E-state index in [1.54, 1.807) is 0 Å². The minimum atomic E-state index is -0.564. The molecule has 0 aromatic carbocycles. The summed E-state index contributed by atoms with van der Waals surface area (Å²) >= 11 is 0. The van der Waals surface area contributed by atoms with Gasteiger partial charge in [-0.05, 0) is 18.3 Å². The van der Waals surface area contributed by atoms with E-state index in [1.165, 1.54) is 19.3 Å². The molecular weight excluding hydrogens is 200 g/mol. The number of ether oxygens (including phenoxy) is 1. The minimum Gasteiger partial charge on any atom is -0.368 e. The standard InChI is InChI=1S/C14H30O2/c1-5-8-9-13(7-3)11-16-14(15)10-12(4)6-2/h12-15H,5-11H2,1-4H3. The maximum Gasteiger partial charge on any atom is 0.154 e. The molecule has 3 atom stereocenters. The number of hydrogen-bond donors (Lipinski definition) is 1. The third-order valence-corrected chi connectivity index (χ3v) is 3.37. The summed E-state index contributed by atoms with van der Waals surface area (Å²) in [6, 6.07) is 0. The summed E-state index contributed by atoms with van der Waals surface area (Å²) in [5, 5.41) is 9.70. The lowest BCUT2D eigenvalue weighted by molar-refractivity contribution is -0.120. The van der Waals surface area contributed by atoms with Crippen LogP contribution >= 0.6 is 0 Å². The van der Waals surface area contributed by atoms with Crippen LogP contribution in [0.4, 0.5) is 0 Å². The van der Waals surface area contributed by atoms with Crippen molar-refractivity contribution in [2.45, 2.75) is 72.5 Å². The first-order chi connectivity index (χ1) is 7.63. The molecule has 2 heteroatoms. The third-order valence-electron chi connectivity index (χ3n) is 3.37. The zero-order valence-corrected chi connectivity index (χ0v) is 11.5. The van der Waals surface area contributed by atoms with Crippen LogP contribution in [-0.4, -0.2) is 18.0 Å². The van der Waals surface area contributed by atoms with Gasteiger partial charge in [0.1, 0.15) is 0 Å². The summed E-state index contributed by atoms with van der Waals surface area (Å²) in [4.78, 5) is 0. The summed E-state index contributed by atoms with van der Waals surface area (Å²) < 4.78 is 5.52. The molecule has 1 N–H and O–H groups in total. The Kier molecular flexibility index (Phi) is 10.0. The van der Waals surface area contributed by atoms with E-state index in [-0.39, 0.29) is 0 Å². The van der Waals surface area contributed by atoms with E-state index in [4.69, 9.17) is 4.74 Å². The first-order valence-electron chi connectivity index (χ1n) is 6.93. The van der Waals surface area contributed by atoms with Gasteiger partial charge >= 0.3 is 0 Å². The van der Waals surface area contributed by atoms with Crippen LogP contribution in [0.5, 0.6) is 0 Å². The van der Waals surface area contributed by atoms with Crippen molar-refractivity contribution in [3.63, 3.8) is 0 Å². The Morgan fingerprint density at radius 3 is 2.31 bits per heavy atom. The zero-order chi connectivity index (χ0) is 12.4. The van der Waals surface area contributed by atoms with Gasteiger partial charge in [-0.25, -0.2) is 0 Å². The van der Waals surface area contributed by atoms with Crippen molar-refractivity contribution < 1.29 is 9.84 Å². The Morgan fingerprint density at radius 1 is 1.12 bits per heavy atom. The predicted octanol–water partition coefficient (Wildman–Crippen LogP) is 3.97. The summed E-state index contributed by atoms with van der Waals surface area (Å²) in [5.74, 6) is 1.16. The highest BCUT2D eigenvalue weighted by Crippen LogP contribution is 2.16. The molecule has 16 heavy (non-hydrogen) atoms. The second-order valence-corrected chi connectivity index (χ2v) is 4.95. The number of rotatable bonds is 10. The Morgan fingerprint density at radius 2 is 1.81 bits per heavy atom. The van der Waals surface area contributed by atoms with Crippen LogP contribution in [0.3, 0.4) is 0 Å². The van der Waals surface area contributed by atoms with Crippen molar-refractivity contribution in [2.24, 2.45) is 11.8 Å². The van der Waals surface area contributed by atoms with Crippen LogP contribution in [0.1, 0.15) is 66.2 Å². The fourth-order valence-electron chi connectivity index (χ4n) is 1.72. The van der Waals surface area contributed by atoms with E-state index in [0.29, 0.717) is 18.4 Å². The molecule has 0 bridgehead atoms. The molecule has 0 rings (SSSR count). The molecule has 0 amide bonds. The van der Waals surface area contributed by atoms with Crippen LogP contribution in [0.25, 0.3) is 0 Å². The van der Waals surface area contributed by atoms with Gasteiger partial charge in [0.05, 0.1) is 6.61 Å². The molecule has 98 valence electrons. The van der Waals surface area contributed by atoms with Gasteiger partial charge in [-0.15, -0.1) is 0 Å². The van der Waals surface area contributed by atoms with Gasteiger partial charge in [0.2, 0.25) is 0 Å². The van der Waals surface area contributed by atoms with E-state index in [0.717, 1.165) is 19.3 Å². The molecule has 0 heterocycles. The minimum absolute atomic E-state index is 0.547. The van der Waals surface area contributed by atoms with Crippen LogP contribution < -0.4 is 0 Å². The SMILES string of the molecule is CCCCC(CC)COC(O)CC(C)CC. The molecule has 0 aromatic rings. The van der Waals surface area contributed by atoms with Gasteiger partial charge in [0.25, 0.3) is 0 Å². The van der Waals surface area contributed by atoms with Gasteiger partial charge in [-0.1, -0.05) is 53.4 Å². The third kappa shape index (κ3) is 8.12. The van der Waals surface area contributed by atoms with E-state index in [1.807, 2.05) is 0 Å². The fraction of sp³-hybridized carbons (Fsp3) is 1.00. The maximum atomic E-state index is 9.70. The number of aliphatic hydroxyl groups excluding tert-OH is 1. The Bertz CT molecular complexity index is 148. The molecule has 2 nitrogen and oxygen atoms in total. The lowest BCUT2D eigenvalue weighted by Gasteiger charge is -2.19. The van der Waals surface area contributed by atoms with Crippen molar-refractivity contribution in [3.05, 3.63) is 0 Å². The van der Waals surface area contributed by atoms with Gasteiger partial charge in [0, 0.05) is 6.42 Å². The normalized spacial score (nSPS) is 17.1. The highest BCUT2D eigenvalue weighted by molar-refractivity contribution is 4.58. The first-order valence-corrected chi connectivity index (χ1v) is 6.93. The van der Waals surface area contributed by atoms with E-state index in [2.05, 4.69) is 27.7 Å². The highest BCUT2D eigenvalue weighted by Gasteiger charge is 2.12. The molecule has 0 aliphatic carbocycles. The first kappa shape index (κ1) is 15.9. The molecule has 0 aromatic heterocycles. The number of aliphatic hydroxyl groups is 1. The van der Waals surface area contributed by atoms with Crippen molar-refractivity contribution >= 4 is 0 Å². The summed E-state index contributed by atoms with van der Waals surface area (Å²) in [5.41, 5.74) is 0. The lowest BCUT2D eigenvalue weighted by Crippen LogP contribution is -2.20. The van der Waals surface area contributed by atoms with Crippen LogP contribution in [0.15, 0.2) is 0 Å². The molecular formula is C14H30O2. The summed E-state index contributed by atoms with van der Waals surface area (Å²) in [6.45, 7) is 9.43. The molecule has 0 aliphatic heterocycles. The smallest absolute Gasteiger partial charge is 0.154 e. The molecule has 0 saturated heterocycles. The van der Waals surface area contributed by atoms with Gasteiger partial charge < -0.3 is 9.84 Å². The largest absolute Gasteiger partial charge is 0.368 e.